The molecule has 0 radical (unpaired) electrons. The lowest BCUT2D eigenvalue weighted by molar-refractivity contribution is 0.298. The molecule has 0 fully saturated rings. The zero-order valence-electron chi connectivity index (χ0n) is 10.2. The van der Waals surface area contributed by atoms with Gasteiger partial charge in [0, 0.05) is 12.2 Å². The van der Waals surface area contributed by atoms with Gasteiger partial charge in [-0.15, -0.1) is 0 Å². The van der Waals surface area contributed by atoms with Crippen LogP contribution in [0.15, 0.2) is 42.6 Å². The number of ether oxygens (including phenoxy) is 1. The molecule has 1 aromatic carbocycles. The van der Waals surface area contributed by atoms with E-state index in [0.717, 1.165) is 24.3 Å². The van der Waals surface area contributed by atoms with Crippen LogP contribution < -0.4 is 10.5 Å². The molecule has 2 aromatic rings. The third-order valence-electron chi connectivity index (χ3n) is 3.38. The van der Waals surface area contributed by atoms with Gasteiger partial charge >= 0.3 is 0 Å². The van der Waals surface area contributed by atoms with Crippen molar-refractivity contribution in [2.24, 2.45) is 5.73 Å². The molecular weight excluding hydrogens is 224 g/mol. The van der Waals surface area contributed by atoms with Gasteiger partial charge in [-0.05, 0) is 42.2 Å². The molecule has 0 amide bonds. The molecule has 1 aliphatic rings. The van der Waals surface area contributed by atoms with Gasteiger partial charge in [0.25, 0.3) is 0 Å². The van der Waals surface area contributed by atoms with Crippen molar-refractivity contribution < 1.29 is 4.74 Å². The lowest BCUT2D eigenvalue weighted by Crippen LogP contribution is -2.05. The Kier molecular flexibility index (Phi) is 2.99. The van der Waals surface area contributed by atoms with Gasteiger partial charge in [-0.3, -0.25) is 4.98 Å². The number of rotatable bonds is 3. The Morgan fingerprint density at radius 2 is 2.17 bits per heavy atom. The second-order valence-corrected chi connectivity index (χ2v) is 4.58. The average molecular weight is 240 g/mol. The summed E-state index contributed by atoms with van der Waals surface area (Å²) in [5.41, 5.74) is 9.49. The lowest BCUT2D eigenvalue weighted by atomic mass is 10.1. The second-order valence-electron chi connectivity index (χ2n) is 4.58. The molecular formula is C15H16N2O. The normalized spacial score (nSPS) is 17.5. The first kappa shape index (κ1) is 11.2. The maximum Gasteiger partial charge on any atom is 0.130 e. The molecule has 0 bridgehead atoms. The van der Waals surface area contributed by atoms with Gasteiger partial charge in [0.05, 0.1) is 5.69 Å². The summed E-state index contributed by atoms with van der Waals surface area (Å²) >= 11 is 0. The van der Waals surface area contributed by atoms with Crippen molar-refractivity contribution in [1.29, 1.82) is 0 Å². The fraction of sp³-hybridized carbons (Fsp3) is 0.267. The SMILES string of the molecule is NC1CCc2c(OCc3ccccn3)cccc21. The van der Waals surface area contributed by atoms with E-state index in [-0.39, 0.29) is 6.04 Å². The van der Waals surface area contributed by atoms with E-state index < -0.39 is 0 Å². The summed E-state index contributed by atoms with van der Waals surface area (Å²) in [6.45, 7) is 0.506. The highest BCUT2D eigenvalue weighted by molar-refractivity contribution is 5.44. The molecule has 1 unspecified atom stereocenters. The van der Waals surface area contributed by atoms with Crippen LogP contribution in [0.3, 0.4) is 0 Å². The minimum atomic E-state index is 0.165. The third kappa shape index (κ3) is 2.09. The Morgan fingerprint density at radius 1 is 1.22 bits per heavy atom. The predicted octanol–water partition coefficient (Wildman–Crippen LogP) is 2.61. The van der Waals surface area contributed by atoms with E-state index in [9.17, 15) is 0 Å². The number of aromatic nitrogens is 1. The van der Waals surface area contributed by atoms with Crippen molar-refractivity contribution in [2.75, 3.05) is 0 Å². The molecule has 18 heavy (non-hydrogen) atoms. The topological polar surface area (TPSA) is 48.1 Å². The minimum absolute atomic E-state index is 0.165. The van der Waals surface area contributed by atoms with E-state index in [1.807, 2.05) is 30.3 Å². The molecule has 3 heteroatoms. The monoisotopic (exact) mass is 240 g/mol. The van der Waals surface area contributed by atoms with E-state index in [1.54, 1.807) is 6.20 Å². The molecule has 3 nitrogen and oxygen atoms in total. The number of hydrogen-bond donors (Lipinski definition) is 1. The van der Waals surface area contributed by atoms with Crippen LogP contribution in [0.5, 0.6) is 5.75 Å². The van der Waals surface area contributed by atoms with Gasteiger partial charge in [0.2, 0.25) is 0 Å². The molecule has 0 saturated heterocycles. The zero-order chi connectivity index (χ0) is 12.4. The van der Waals surface area contributed by atoms with E-state index in [2.05, 4.69) is 11.1 Å². The van der Waals surface area contributed by atoms with Crippen LogP contribution in [0.2, 0.25) is 0 Å². The summed E-state index contributed by atoms with van der Waals surface area (Å²) < 4.78 is 5.87. The molecule has 3 rings (SSSR count). The number of nitrogens with zero attached hydrogens (tertiary/aromatic N) is 1. The molecule has 1 atom stereocenters. The Balaban J connectivity index is 1.78. The highest BCUT2D eigenvalue weighted by Crippen LogP contribution is 2.35. The summed E-state index contributed by atoms with van der Waals surface area (Å²) in [7, 11) is 0. The van der Waals surface area contributed by atoms with Crippen LogP contribution in [-0.4, -0.2) is 4.98 Å². The number of hydrogen-bond acceptors (Lipinski definition) is 3. The number of fused-ring (bicyclic) bond motifs is 1. The van der Waals surface area contributed by atoms with E-state index in [0.29, 0.717) is 6.61 Å². The maximum absolute atomic E-state index is 6.05. The number of nitrogens with two attached hydrogens (primary N) is 1. The van der Waals surface area contributed by atoms with Gasteiger partial charge in [0.1, 0.15) is 12.4 Å². The fourth-order valence-corrected chi connectivity index (χ4v) is 2.42. The van der Waals surface area contributed by atoms with Crippen molar-refractivity contribution in [3.8, 4) is 5.75 Å². The first-order valence-electron chi connectivity index (χ1n) is 6.24. The van der Waals surface area contributed by atoms with Crippen LogP contribution in [0, 0.1) is 0 Å². The highest BCUT2D eigenvalue weighted by Gasteiger charge is 2.21. The van der Waals surface area contributed by atoms with E-state index in [4.69, 9.17) is 10.5 Å². The van der Waals surface area contributed by atoms with Crippen LogP contribution in [0.25, 0.3) is 0 Å². The predicted molar refractivity (Wildman–Crippen MR) is 70.3 cm³/mol. The summed E-state index contributed by atoms with van der Waals surface area (Å²) in [6, 6.07) is 12.1. The zero-order valence-corrected chi connectivity index (χ0v) is 10.2. The van der Waals surface area contributed by atoms with Crippen molar-refractivity contribution in [1.82, 2.24) is 4.98 Å². The molecule has 1 aromatic heterocycles. The molecule has 0 saturated carbocycles. The Bertz CT molecular complexity index is 539. The van der Waals surface area contributed by atoms with Gasteiger partial charge in [-0.25, -0.2) is 0 Å². The summed E-state index contributed by atoms with van der Waals surface area (Å²) in [6.07, 6.45) is 3.80. The van der Waals surface area contributed by atoms with Gasteiger partial charge in [0.15, 0.2) is 0 Å². The maximum atomic E-state index is 6.05. The average Bonchev–Trinajstić information content (AvgIpc) is 2.80. The number of pyridine rings is 1. The van der Waals surface area contributed by atoms with E-state index in [1.165, 1.54) is 11.1 Å². The Hall–Kier alpha value is -1.87. The molecule has 2 N–H and O–H groups in total. The van der Waals surface area contributed by atoms with Crippen LogP contribution >= 0.6 is 0 Å². The molecule has 0 spiro atoms. The number of benzene rings is 1. The smallest absolute Gasteiger partial charge is 0.130 e. The van der Waals surface area contributed by atoms with Crippen molar-refractivity contribution >= 4 is 0 Å². The minimum Gasteiger partial charge on any atom is -0.487 e. The summed E-state index contributed by atoms with van der Waals surface area (Å²) in [5, 5.41) is 0. The Labute approximate surface area is 107 Å². The molecule has 92 valence electrons. The van der Waals surface area contributed by atoms with E-state index >= 15 is 0 Å². The van der Waals surface area contributed by atoms with Crippen molar-refractivity contribution in [3.05, 3.63) is 59.4 Å². The molecule has 0 aliphatic heterocycles. The first-order valence-corrected chi connectivity index (χ1v) is 6.24. The first-order chi connectivity index (χ1) is 8.84. The lowest BCUT2D eigenvalue weighted by Gasteiger charge is -2.11. The molecule has 1 heterocycles. The van der Waals surface area contributed by atoms with Crippen LogP contribution in [-0.2, 0) is 13.0 Å². The fourth-order valence-electron chi connectivity index (χ4n) is 2.42. The summed E-state index contributed by atoms with van der Waals surface area (Å²) in [5.74, 6) is 0.950. The van der Waals surface area contributed by atoms with Gasteiger partial charge in [-0.2, -0.15) is 0 Å². The third-order valence-corrected chi connectivity index (χ3v) is 3.38. The highest BCUT2D eigenvalue weighted by atomic mass is 16.5. The standard InChI is InChI=1S/C15H16N2O/c16-14-8-7-13-12(14)5-3-6-15(13)18-10-11-4-1-2-9-17-11/h1-6,9,14H,7-8,10,16H2. The van der Waals surface area contributed by atoms with Gasteiger partial charge < -0.3 is 10.5 Å². The quantitative estimate of drug-likeness (QED) is 0.897. The van der Waals surface area contributed by atoms with Crippen molar-refractivity contribution in [3.63, 3.8) is 0 Å². The molecule has 1 aliphatic carbocycles. The van der Waals surface area contributed by atoms with Gasteiger partial charge in [-0.1, -0.05) is 18.2 Å². The summed E-state index contributed by atoms with van der Waals surface area (Å²) in [4.78, 5) is 4.25. The Morgan fingerprint density at radius 3 is 3.00 bits per heavy atom. The second kappa shape index (κ2) is 4.78. The van der Waals surface area contributed by atoms with Crippen LogP contribution in [0.4, 0.5) is 0 Å². The largest absolute Gasteiger partial charge is 0.487 e. The van der Waals surface area contributed by atoms with Crippen LogP contribution in [0.1, 0.15) is 29.3 Å². The van der Waals surface area contributed by atoms with Crippen molar-refractivity contribution in [2.45, 2.75) is 25.5 Å².